The summed E-state index contributed by atoms with van der Waals surface area (Å²) in [7, 11) is 0. The molecule has 1 heteroatoms. The van der Waals surface area contributed by atoms with Gasteiger partial charge in [-0.2, -0.15) is 0 Å². The number of fused-ring (bicyclic) bond motifs is 5. The summed E-state index contributed by atoms with van der Waals surface area (Å²) < 4.78 is 0. The van der Waals surface area contributed by atoms with Gasteiger partial charge in [-0.05, 0) is 101 Å². The van der Waals surface area contributed by atoms with Gasteiger partial charge in [-0.1, -0.05) is 133 Å². The molecule has 0 unspecified atom stereocenters. The van der Waals surface area contributed by atoms with Gasteiger partial charge in [0.2, 0.25) is 0 Å². The van der Waals surface area contributed by atoms with Crippen molar-refractivity contribution < 1.29 is 0 Å². The zero-order chi connectivity index (χ0) is 30.5. The summed E-state index contributed by atoms with van der Waals surface area (Å²) in [6.45, 7) is 6.59. The van der Waals surface area contributed by atoms with Crippen LogP contribution < -0.4 is 4.90 Å². The molecule has 0 bridgehead atoms. The molecular weight excluding hydrogens is 542 g/mol. The molecule has 0 amide bonds. The van der Waals surface area contributed by atoms with Crippen LogP contribution in [0.3, 0.4) is 0 Å². The molecule has 0 spiro atoms. The first-order chi connectivity index (χ1) is 22.1. The quantitative estimate of drug-likeness (QED) is 0.197. The highest BCUT2D eigenvalue weighted by Gasteiger charge is 2.47. The van der Waals surface area contributed by atoms with Crippen molar-refractivity contribution in [1.82, 2.24) is 0 Å². The second kappa shape index (κ2) is 10.6. The predicted molar refractivity (Wildman–Crippen MR) is 190 cm³/mol. The van der Waals surface area contributed by atoms with Gasteiger partial charge in [-0.15, -0.1) is 0 Å². The number of rotatable bonds is 5. The van der Waals surface area contributed by atoms with Crippen molar-refractivity contribution in [2.24, 2.45) is 0 Å². The van der Waals surface area contributed by atoms with E-state index in [1.165, 1.54) is 72.2 Å². The van der Waals surface area contributed by atoms with Gasteiger partial charge in [0.05, 0.1) is 11.1 Å². The fraction of sp³-hybridized carbons (Fsp3) is 0.0909. The average Bonchev–Trinajstić information content (AvgIpc) is 3.36. The minimum Gasteiger partial charge on any atom is -0.310 e. The monoisotopic (exact) mass is 577 g/mol. The molecule has 0 saturated carbocycles. The Morgan fingerprint density at radius 1 is 0.422 bits per heavy atom. The van der Waals surface area contributed by atoms with Crippen LogP contribution in [0.15, 0.2) is 158 Å². The molecule has 7 aromatic carbocycles. The van der Waals surface area contributed by atoms with Crippen LogP contribution in [0.4, 0.5) is 17.1 Å². The maximum atomic E-state index is 2.50. The number of anilines is 3. The third-order valence-corrected chi connectivity index (χ3v) is 9.41. The topological polar surface area (TPSA) is 3.24 Å². The second-order valence-corrected chi connectivity index (χ2v) is 12.4. The zero-order valence-electron chi connectivity index (χ0n) is 26.0. The summed E-state index contributed by atoms with van der Waals surface area (Å²) in [6, 6.07) is 58.4. The molecule has 0 N–H and O–H groups in total. The summed E-state index contributed by atoms with van der Waals surface area (Å²) in [5.41, 5.74) is 14.6. The maximum Gasteiger partial charge on any atom is 0.0714 e. The smallest absolute Gasteiger partial charge is 0.0714 e. The van der Waals surface area contributed by atoms with E-state index in [0.717, 1.165) is 5.69 Å². The SMILES string of the molecule is Cc1cc(C)cc(N(c2ccccc2)c2cc3c(c4ccccc24)-c2ccc(C)cc2C3(c2ccccc2)c2ccccc2)c1. The molecule has 8 rings (SSSR count). The third kappa shape index (κ3) is 4.23. The lowest BCUT2D eigenvalue weighted by atomic mass is 9.67. The van der Waals surface area contributed by atoms with Gasteiger partial charge in [0.1, 0.15) is 0 Å². The zero-order valence-corrected chi connectivity index (χ0v) is 26.0. The minimum absolute atomic E-state index is 0.483. The highest BCUT2D eigenvalue weighted by atomic mass is 15.1. The lowest BCUT2D eigenvalue weighted by Gasteiger charge is -2.35. The number of aryl methyl sites for hydroxylation is 3. The van der Waals surface area contributed by atoms with Gasteiger partial charge < -0.3 is 4.90 Å². The fourth-order valence-corrected chi connectivity index (χ4v) is 7.71. The Kier molecular flexibility index (Phi) is 6.43. The molecule has 216 valence electrons. The molecule has 0 heterocycles. The van der Waals surface area contributed by atoms with Crippen LogP contribution in [0.25, 0.3) is 21.9 Å². The highest BCUT2D eigenvalue weighted by Crippen LogP contribution is 2.59. The predicted octanol–water partition coefficient (Wildman–Crippen LogP) is 11.6. The van der Waals surface area contributed by atoms with Crippen molar-refractivity contribution in [3.8, 4) is 11.1 Å². The minimum atomic E-state index is -0.483. The Bertz CT molecular complexity index is 2120. The van der Waals surface area contributed by atoms with E-state index in [1.54, 1.807) is 0 Å². The molecule has 45 heavy (non-hydrogen) atoms. The molecule has 0 radical (unpaired) electrons. The number of benzene rings is 7. The molecular formula is C44H35N. The van der Waals surface area contributed by atoms with Gasteiger partial charge >= 0.3 is 0 Å². The van der Waals surface area contributed by atoms with Crippen molar-refractivity contribution in [3.63, 3.8) is 0 Å². The summed E-state index contributed by atoms with van der Waals surface area (Å²) in [6.07, 6.45) is 0. The largest absolute Gasteiger partial charge is 0.310 e. The van der Waals surface area contributed by atoms with Crippen molar-refractivity contribution in [3.05, 3.63) is 197 Å². The summed E-state index contributed by atoms with van der Waals surface area (Å²) in [4.78, 5) is 2.46. The van der Waals surface area contributed by atoms with Crippen molar-refractivity contribution in [2.75, 3.05) is 4.90 Å². The molecule has 0 aliphatic heterocycles. The Hall–Kier alpha value is -5.40. The Labute approximate surface area is 266 Å². The summed E-state index contributed by atoms with van der Waals surface area (Å²) in [5, 5.41) is 2.51. The van der Waals surface area contributed by atoms with Gasteiger partial charge in [-0.3, -0.25) is 0 Å². The van der Waals surface area contributed by atoms with Crippen molar-refractivity contribution >= 4 is 27.8 Å². The van der Waals surface area contributed by atoms with Gasteiger partial charge in [0, 0.05) is 16.8 Å². The average molecular weight is 578 g/mol. The number of nitrogens with zero attached hydrogens (tertiary/aromatic N) is 1. The summed E-state index contributed by atoms with van der Waals surface area (Å²) in [5.74, 6) is 0. The molecule has 0 atom stereocenters. The molecule has 0 aromatic heterocycles. The first kappa shape index (κ1) is 27.2. The lowest BCUT2D eigenvalue weighted by Crippen LogP contribution is -2.29. The van der Waals surface area contributed by atoms with E-state index in [2.05, 4.69) is 183 Å². The van der Waals surface area contributed by atoms with E-state index in [9.17, 15) is 0 Å². The molecule has 1 aliphatic rings. The molecule has 0 saturated heterocycles. The first-order valence-electron chi connectivity index (χ1n) is 15.8. The van der Waals surface area contributed by atoms with Crippen LogP contribution in [-0.4, -0.2) is 0 Å². The van der Waals surface area contributed by atoms with Crippen LogP contribution >= 0.6 is 0 Å². The highest BCUT2D eigenvalue weighted by molar-refractivity contribution is 6.11. The standard InChI is InChI=1S/C44H35N/c1-30-23-24-39-40(28-30)44(33-15-7-4-8-16-33,34-17-9-5-10-18-34)41-29-42(37-21-13-14-22-38(37)43(39)41)45(35-19-11-6-12-20-35)36-26-31(2)25-32(3)27-36/h4-29H,1-3H3. The van der Waals surface area contributed by atoms with E-state index in [4.69, 9.17) is 0 Å². The van der Waals surface area contributed by atoms with E-state index >= 15 is 0 Å². The lowest BCUT2D eigenvalue weighted by molar-refractivity contribution is 0.768. The van der Waals surface area contributed by atoms with Gasteiger partial charge in [0.25, 0.3) is 0 Å². The van der Waals surface area contributed by atoms with Gasteiger partial charge in [-0.25, -0.2) is 0 Å². The van der Waals surface area contributed by atoms with Gasteiger partial charge in [0.15, 0.2) is 0 Å². The second-order valence-electron chi connectivity index (χ2n) is 12.4. The first-order valence-corrected chi connectivity index (χ1v) is 15.8. The van der Waals surface area contributed by atoms with E-state index in [-0.39, 0.29) is 0 Å². The van der Waals surface area contributed by atoms with Crippen molar-refractivity contribution in [2.45, 2.75) is 26.2 Å². The number of para-hydroxylation sites is 1. The Morgan fingerprint density at radius 2 is 0.978 bits per heavy atom. The van der Waals surface area contributed by atoms with Crippen LogP contribution in [0.2, 0.25) is 0 Å². The summed E-state index contributed by atoms with van der Waals surface area (Å²) >= 11 is 0. The van der Waals surface area contributed by atoms with Crippen LogP contribution in [0.5, 0.6) is 0 Å². The molecule has 1 nitrogen and oxygen atoms in total. The van der Waals surface area contributed by atoms with Crippen molar-refractivity contribution in [1.29, 1.82) is 0 Å². The molecule has 0 fully saturated rings. The van der Waals surface area contributed by atoms with Crippen LogP contribution in [0, 0.1) is 20.8 Å². The van der Waals surface area contributed by atoms with Crippen LogP contribution in [-0.2, 0) is 5.41 Å². The Balaban J connectivity index is 1.56. The molecule has 7 aromatic rings. The number of hydrogen-bond donors (Lipinski definition) is 0. The third-order valence-electron chi connectivity index (χ3n) is 9.41. The Morgan fingerprint density at radius 3 is 1.60 bits per heavy atom. The fourth-order valence-electron chi connectivity index (χ4n) is 7.71. The van der Waals surface area contributed by atoms with Crippen LogP contribution in [0.1, 0.15) is 38.9 Å². The van der Waals surface area contributed by atoms with E-state index in [0.29, 0.717) is 0 Å². The number of hydrogen-bond acceptors (Lipinski definition) is 1. The normalized spacial score (nSPS) is 13.0. The molecule has 1 aliphatic carbocycles. The van der Waals surface area contributed by atoms with E-state index < -0.39 is 5.41 Å². The van der Waals surface area contributed by atoms with E-state index in [1.807, 2.05) is 0 Å². The maximum absolute atomic E-state index is 2.50.